The molecule has 1 saturated heterocycles. The lowest BCUT2D eigenvalue weighted by atomic mass is 10.0. The molecule has 1 unspecified atom stereocenters. The van der Waals surface area contributed by atoms with Crippen LogP contribution in [0, 0.1) is 16.0 Å². The minimum atomic E-state index is -0.516. The number of nitro benzene ring substituents is 1. The monoisotopic (exact) mass is 262 g/mol. The normalized spacial score (nSPS) is 19.8. The van der Waals surface area contributed by atoms with Crippen molar-refractivity contribution in [2.75, 3.05) is 18.0 Å². The summed E-state index contributed by atoms with van der Waals surface area (Å²) in [6.45, 7) is 4.13. The Kier molecular flexibility index (Phi) is 4.14. The van der Waals surface area contributed by atoms with Gasteiger partial charge in [-0.25, -0.2) is 0 Å². The summed E-state index contributed by atoms with van der Waals surface area (Å²) < 4.78 is 0. The fourth-order valence-electron chi connectivity index (χ4n) is 2.52. The molecular formula is C14H18N2O3. The lowest BCUT2D eigenvalue weighted by Gasteiger charge is -2.23. The van der Waals surface area contributed by atoms with Gasteiger partial charge >= 0.3 is 0 Å². The number of benzene rings is 1. The van der Waals surface area contributed by atoms with E-state index < -0.39 is 4.92 Å². The van der Waals surface area contributed by atoms with E-state index in [0.717, 1.165) is 31.6 Å². The van der Waals surface area contributed by atoms with E-state index in [1.165, 1.54) is 12.5 Å². The highest BCUT2D eigenvalue weighted by molar-refractivity contribution is 5.83. The van der Waals surface area contributed by atoms with E-state index in [1.54, 1.807) is 12.1 Å². The molecule has 1 heterocycles. The number of hydrogen-bond donors (Lipinski definition) is 0. The number of rotatable bonds is 3. The molecular weight excluding hydrogens is 244 g/mol. The zero-order valence-corrected chi connectivity index (χ0v) is 11.0. The summed E-state index contributed by atoms with van der Waals surface area (Å²) >= 11 is 0. The molecule has 2 rings (SSSR count). The van der Waals surface area contributed by atoms with E-state index in [1.807, 2.05) is 0 Å². The van der Waals surface area contributed by atoms with E-state index in [-0.39, 0.29) is 11.3 Å². The van der Waals surface area contributed by atoms with Crippen molar-refractivity contribution in [3.8, 4) is 0 Å². The van der Waals surface area contributed by atoms with Crippen LogP contribution < -0.4 is 4.90 Å². The zero-order valence-electron chi connectivity index (χ0n) is 11.0. The third kappa shape index (κ3) is 3.10. The maximum Gasteiger partial charge on any atom is 0.280 e. The number of aldehydes is 1. The number of carbonyl (C=O) groups excluding carboxylic acids is 1. The van der Waals surface area contributed by atoms with Gasteiger partial charge in [-0.3, -0.25) is 14.9 Å². The summed E-state index contributed by atoms with van der Waals surface area (Å²) in [7, 11) is 0. The highest BCUT2D eigenvalue weighted by Gasteiger charge is 2.18. The molecule has 5 nitrogen and oxygen atoms in total. The van der Waals surface area contributed by atoms with Crippen LogP contribution in [0.2, 0.25) is 0 Å². The minimum absolute atomic E-state index is 0.123. The summed E-state index contributed by atoms with van der Waals surface area (Å²) in [4.78, 5) is 23.5. The van der Waals surface area contributed by atoms with Gasteiger partial charge in [-0.05, 0) is 37.3 Å². The Bertz CT molecular complexity index is 488. The molecule has 0 saturated carbocycles. The van der Waals surface area contributed by atoms with Gasteiger partial charge in [0.15, 0.2) is 6.29 Å². The molecule has 0 spiro atoms. The van der Waals surface area contributed by atoms with E-state index in [2.05, 4.69) is 11.8 Å². The first-order valence-corrected chi connectivity index (χ1v) is 6.60. The van der Waals surface area contributed by atoms with Crippen molar-refractivity contribution < 1.29 is 9.72 Å². The number of anilines is 1. The molecule has 102 valence electrons. The van der Waals surface area contributed by atoms with Gasteiger partial charge in [0, 0.05) is 24.8 Å². The Labute approximate surface area is 112 Å². The van der Waals surface area contributed by atoms with Crippen molar-refractivity contribution in [2.24, 2.45) is 5.92 Å². The molecule has 1 aliphatic heterocycles. The molecule has 1 atom stereocenters. The number of hydrogen-bond acceptors (Lipinski definition) is 4. The van der Waals surface area contributed by atoms with Crippen molar-refractivity contribution in [3.05, 3.63) is 33.9 Å². The topological polar surface area (TPSA) is 63.4 Å². The van der Waals surface area contributed by atoms with Gasteiger partial charge in [-0.2, -0.15) is 0 Å². The maximum atomic E-state index is 11.0. The molecule has 19 heavy (non-hydrogen) atoms. The smallest absolute Gasteiger partial charge is 0.280 e. The molecule has 1 fully saturated rings. The number of carbonyl (C=O) groups is 1. The van der Waals surface area contributed by atoms with Crippen molar-refractivity contribution in [1.29, 1.82) is 0 Å². The van der Waals surface area contributed by atoms with Crippen LogP contribution in [0.4, 0.5) is 11.4 Å². The van der Waals surface area contributed by atoms with Crippen molar-refractivity contribution >= 4 is 17.7 Å². The van der Waals surface area contributed by atoms with Crippen molar-refractivity contribution in [3.63, 3.8) is 0 Å². The standard InChI is InChI=1S/C14H18N2O3/c1-11-3-2-7-15(8-6-11)13-4-5-14(16(18)19)12(9-13)10-17/h4-5,9-11H,2-3,6-8H2,1H3. The van der Waals surface area contributed by atoms with Gasteiger partial charge in [0.05, 0.1) is 10.5 Å². The minimum Gasteiger partial charge on any atom is -0.372 e. The average molecular weight is 262 g/mol. The van der Waals surface area contributed by atoms with Crippen LogP contribution in [0.5, 0.6) is 0 Å². The molecule has 0 aliphatic carbocycles. The molecule has 0 radical (unpaired) electrons. The summed E-state index contributed by atoms with van der Waals surface area (Å²) in [5.74, 6) is 0.716. The second-order valence-electron chi connectivity index (χ2n) is 5.14. The molecule has 0 aromatic heterocycles. The highest BCUT2D eigenvalue weighted by atomic mass is 16.6. The van der Waals surface area contributed by atoms with Crippen LogP contribution in [-0.4, -0.2) is 24.3 Å². The third-order valence-corrected chi connectivity index (χ3v) is 3.72. The number of nitro groups is 1. The van der Waals surface area contributed by atoms with Crippen LogP contribution in [-0.2, 0) is 0 Å². The molecule has 1 aromatic carbocycles. The SMILES string of the molecule is CC1CCCN(c2ccc([N+](=O)[O-])c(C=O)c2)CC1. The first-order valence-electron chi connectivity index (χ1n) is 6.60. The van der Waals surface area contributed by atoms with Gasteiger partial charge in [0.25, 0.3) is 5.69 Å². The summed E-state index contributed by atoms with van der Waals surface area (Å²) in [6.07, 6.45) is 4.01. The van der Waals surface area contributed by atoms with Crippen molar-refractivity contribution in [1.82, 2.24) is 0 Å². The fraction of sp³-hybridized carbons (Fsp3) is 0.500. The van der Waals surface area contributed by atoms with Gasteiger partial charge in [-0.1, -0.05) is 6.92 Å². The van der Waals surface area contributed by atoms with Gasteiger partial charge in [-0.15, -0.1) is 0 Å². The Morgan fingerprint density at radius 3 is 2.84 bits per heavy atom. The van der Waals surface area contributed by atoms with Crippen LogP contribution in [0.3, 0.4) is 0 Å². The Balaban J connectivity index is 2.25. The Morgan fingerprint density at radius 2 is 2.16 bits per heavy atom. The summed E-state index contributed by atoms with van der Waals surface area (Å²) in [6, 6.07) is 4.79. The van der Waals surface area contributed by atoms with Gasteiger partial charge in [0.1, 0.15) is 0 Å². The number of nitrogens with zero attached hydrogens (tertiary/aromatic N) is 2. The lowest BCUT2D eigenvalue weighted by molar-refractivity contribution is -0.385. The van der Waals surface area contributed by atoms with E-state index in [0.29, 0.717) is 12.2 Å². The lowest BCUT2D eigenvalue weighted by Crippen LogP contribution is -2.24. The van der Waals surface area contributed by atoms with E-state index >= 15 is 0 Å². The van der Waals surface area contributed by atoms with Gasteiger partial charge < -0.3 is 4.90 Å². The first-order chi connectivity index (χ1) is 9.11. The molecule has 0 amide bonds. The Morgan fingerprint density at radius 1 is 1.37 bits per heavy atom. The second kappa shape index (κ2) is 5.82. The maximum absolute atomic E-state index is 11.0. The quantitative estimate of drug-likeness (QED) is 0.477. The molecule has 1 aromatic rings. The molecule has 0 N–H and O–H groups in total. The second-order valence-corrected chi connectivity index (χ2v) is 5.14. The molecule has 0 bridgehead atoms. The van der Waals surface area contributed by atoms with Gasteiger partial charge in [0.2, 0.25) is 0 Å². The van der Waals surface area contributed by atoms with E-state index in [9.17, 15) is 14.9 Å². The van der Waals surface area contributed by atoms with Crippen LogP contribution in [0.15, 0.2) is 18.2 Å². The third-order valence-electron chi connectivity index (χ3n) is 3.72. The molecule has 1 aliphatic rings. The van der Waals surface area contributed by atoms with E-state index in [4.69, 9.17) is 0 Å². The van der Waals surface area contributed by atoms with Crippen LogP contribution >= 0.6 is 0 Å². The predicted octanol–water partition coefficient (Wildman–Crippen LogP) is 3.03. The fourth-order valence-corrected chi connectivity index (χ4v) is 2.52. The predicted molar refractivity (Wildman–Crippen MR) is 73.7 cm³/mol. The largest absolute Gasteiger partial charge is 0.372 e. The van der Waals surface area contributed by atoms with Crippen molar-refractivity contribution in [2.45, 2.75) is 26.2 Å². The highest BCUT2D eigenvalue weighted by Crippen LogP contribution is 2.26. The average Bonchev–Trinajstić information content (AvgIpc) is 2.62. The van der Waals surface area contributed by atoms with Crippen LogP contribution in [0.25, 0.3) is 0 Å². The van der Waals surface area contributed by atoms with Crippen LogP contribution in [0.1, 0.15) is 36.5 Å². The Hall–Kier alpha value is -1.91. The zero-order chi connectivity index (χ0) is 13.8. The first kappa shape index (κ1) is 13.5. The molecule has 5 heteroatoms. The summed E-state index contributed by atoms with van der Waals surface area (Å²) in [5.41, 5.74) is 0.934. The summed E-state index contributed by atoms with van der Waals surface area (Å²) in [5, 5.41) is 10.8.